The first-order valence-electron chi connectivity index (χ1n) is 2.57. The molecule has 0 radical (unpaired) electrons. The normalized spacial score (nSPS) is 9.40. The van der Waals surface area contributed by atoms with Gasteiger partial charge in [-0.05, 0) is 12.1 Å². The minimum Gasteiger partial charge on any atom is -0.465 e. The van der Waals surface area contributed by atoms with Crippen LogP contribution in [0.5, 0.6) is 0 Å². The molecule has 1 aromatic heterocycles. The first-order valence-corrected chi connectivity index (χ1v) is 3.77. The van der Waals surface area contributed by atoms with Crippen LogP contribution in [0.15, 0.2) is 12.1 Å². The summed E-state index contributed by atoms with van der Waals surface area (Å²) in [6, 6.07) is 3.30. The van der Waals surface area contributed by atoms with Gasteiger partial charge in [0.25, 0.3) is 0 Å². The predicted molar refractivity (Wildman–Crippen MR) is 40.7 cm³/mol. The maximum atomic E-state index is 10.8. The number of thiophene rings is 1. The molecule has 0 aliphatic heterocycles. The van der Waals surface area contributed by atoms with Crippen LogP contribution in [0.2, 0.25) is 4.34 Å². The highest BCUT2D eigenvalue weighted by atomic mass is 35.5. The zero-order chi connectivity index (χ0) is 7.56. The van der Waals surface area contributed by atoms with E-state index in [2.05, 4.69) is 4.74 Å². The summed E-state index contributed by atoms with van der Waals surface area (Å²) in [6.45, 7) is 0. The molecular weight excluding hydrogens is 172 g/mol. The van der Waals surface area contributed by atoms with E-state index in [9.17, 15) is 4.79 Å². The van der Waals surface area contributed by atoms with E-state index in [4.69, 9.17) is 11.6 Å². The third-order valence-electron chi connectivity index (χ3n) is 0.960. The van der Waals surface area contributed by atoms with E-state index in [1.54, 1.807) is 12.1 Å². The molecule has 0 aromatic carbocycles. The Hall–Kier alpha value is -0.540. The SMILES string of the molecule is COC(=O)c1ccc(Cl)s1. The molecule has 4 heteroatoms. The summed E-state index contributed by atoms with van der Waals surface area (Å²) in [5.41, 5.74) is 0. The quantitative estimate of drug-likeness (QED) is 0.614. The van der Waals surface area contributed by atoms with E-state index >= 15 is 0 Å². The van der Waals surface area contributed by atoms with Gasteiger partial charge in [-0.15, -0.1) is 11.3 Å². The lowest BCUT2D eigenvalue weighted by Gasteiger charge is -1.90. The number of methoxy groups -OCH3 is 1. The molecule has 10 heavy (non-hydrogen) atoms. The Balaban J connectivity index is 2.85. The van der Waals surface area contributed by atoms with Gasteiger partial charge in [-0.2, -0.15) is 0 Å². The maximum absolute atomic E-state index is 10.8. The molecule has 0 saturated heterocycles. The van der Waals surface area contributed by atoms with Crippen LogP contribution in [0.3, 0.4) is 0 Å². The monoisotopic (exact) mass is 176 g/mol. The predicted octanol–water partition coefficient (Wildman–Crippen LogP) is 2.19. The van der Waals surface area contributed by atoms with Gasteiger partial charge in [-0.25, -0.2) is 4.79 Å². The fraction of sp³-hybridized carbons (Fsp3) is 0.167. The van der Waals surface area contributed by atoms with Crippen LogP contribution in [0.25, 0.3) is 0 Å². The van der Waals surface area contributed by atoms with Gasteiger partial charge in [0, 0.05) is 0 Å². The minimum absolute atomic E-state index is 0.336. The molecule has 0 aliphatic rings. The van der Waals surface area contributed by atoms with Gasteiger partial charge in [0.1, 0.15) is 4.88 Å². The van der Waals surface area contributed by atoms with Crippen molar-refractivity contribution in [2.24, 2.45) is 0 Å². The smallest absolute Gasteiger partial charge is 0.348 e. The molecule has 0 atom stereocenters. The van der Waals surface area contributed by atoms with Gasteiger partial charge in [-0.3, -0.25) is 0 Å². The van der Waals surface area contributed by atoms with Crippen LogP contribution in [0.1, 0.15) is 9.67 Å². The third kappa shape index (κ3) is 1.49. The summed E-state index contributed by atoms with van der Waals surface area (Å²) in [6.07, 6.45) is 0. The first-order chi connectivity index (χ1) is 4.74. The highest BCUT2D eigenvalue weighted by Gasteiger charge is 2.06. The van der Waals surface area contributed by atoms with Gasteiger partial charge in [0.15, 0.2) is 0 Å². The molecule has 0 fully saturated rings. The average Bonchev–Trinajstić information content (AvgIpc) is 2.34. The molecule has 0 N–H and O–H groups in total. The molecule has 54 valence electrons. The number of esters is 1. The zero-order valence-corrected chi connectivity index (χ0v) is 6.83. The number of halogens is 1. The number of hydrogen-bond acceptors (Lipinski definition) is 3. The van der Waals surface area contributed by atoms with Gasteiger partial charge in [0.05, 0.1) is 11.4 Å². The van der Waals surface area contributed by atoms with E-state index < -0.39 is 0 Å². The van der Waals surface area contributed by atoms with Crippen LogP contribution in [-0.2, 0) is 4.74 Å². The molecular formula is C6H5ClO2S. The van der Waals surface area contributed by atoms with E-state index in [0.717, 1.165) is 0 Å². The van der Waals surface area contributed by atoms with E-state index in [1.807, 2.05) is 0 Å². The van der Waals surface area contributed by atoms with Crippen LogP contribution in [0, 0.1) is 0 Å². The molecule has 0 bridgehead atoms. The summed E-state index contributed by atoms with van der Waals surface area (Å²) in [5.74, 6) is -0.336. The topological polar surface area (TPSA) is 26.3 Å². The Morgan fingerprint density at radius 3 is 2.80 bits per heavy atom. The van der Waals surface area contributed by atoms with Crippen LogP contribution in [0.4, 0.5) is 0 Å². The summed E-state index contributed by atoms with van der Waals surface area (Å²) in [7, 11) is 1.34. The first kappa shape index (κ1) is 7.57. The van der Waals surface area contributed by atoms with Crippen molar-refractivity contribution in [1.29, 1.82) is 0 Å². The van der Waals surface area contributed by atoms with Crippen LogP contribution in [-0.4, -0.2) is 13.1 Å². The van der Waals surface area contributed by atoms with Crippen molar-refractivity contribution < 1.29 is 9.53 Å². The second-order valence-corrected chi connectivity index (χ2v) is 3.31. The summed E-state index contributed by atoms with van der Waals surface area (Å²) in [4.78, 5) is 11.3. The number of carbonyl (C=O) groups excluding carboxylic acids is 1. The molecule has 0 unspecified atom stereocenters. The standard InChI is InChI=1S/C6H5ClO2S/c1-9-6(8)4-2-3-5(7)10-4/h2-3H,1H3. The van der Waals surface area contributed by atoms with Crippen molar-refractivity contribution >= 4 is 28.9 Å². The number of carbonyl (C=O) groups is 1. The average molecular weight is 177 g/mol. The summed E-state index contributed by atoms with van der Waals surface area (Å²) < 4.78 is 5.06. The fourth-order valence-corrected chi connectivity index (χ4v) is 1.49. The molecule has 1 rings (SSSR count). The Labute approximate surface area is 67.4 Å². The number of ether oxygens (including phenoxy) is 1. The van der Waals surface area contributed by atoms with Gasteiger partial charge < -0.3 is 4.74 Å². The van der Waals surface area contributed by atoms with E-state index in [0.29, 0.717) is 9.21 Å². The highest BCUT2D eigenvalue weighted by molar-refractivity contribution is 7.17. The molecule has 1 heterocycles. The van der Waals surface area contributed by atoms with Crippen LogP contribution >= 0.6 is 22.9 Å². The third-order valence-corrected chi connectivity index (χ3v) is 2.17. The van der Waals surface area contributed by atoms with Crippen LogP contribution < -0.4 is 0 Å². The Morgan fingerprint density at radius 2 is 2.40 bits per heavy atom. The lowest BCUT2D eigenvalue weighted by molar-refractivity contribution is 0.0606. The number of hydrogen-bond donors (Lipinski definition) is 0. The molecule has 2 nitrogen and oxygen atoms in total. The summed E-state index contributed by atoms with van der Waals surface area (Å²) in [5, 5.41) is 0. The largest absolute Gasteiger partial charge is 0.465 e. The van der Waals surface area contributed by atoms with Crippen molar-refractivity contribution in [2.45, 2.75) is 0 Å². The van der Waals surface area contributed by atoms with E-state index in [1.165, 1.54) is 18.4 Å². The highest BCUT2D eigenvalue weighted by Crippen LogP contribution is 2.21. The Kier molecular flexibility index (Phi) is 2.29. The van der Waals surface area contributed by atoms with Gasteiger partial charge in [0.2, 0.25) is 0 Å². The Morgan fingerprint density at radius 1 is 1.70 bits per heavy atom. The zero-order valence-electron chi connectivity index (χ0n) is 5.26. The van der Waals surface area contributed by atoms with Gasteiger partial charge in [-0.1, -0.05) is 11.6 Å². The fourth-order valence-electron chi connectivity index (χ4n) is 0.525. The lowest BCUT2D eigenvalue weighted by atomic mass is 10.5. The van der Waals surface area contributed by atoms with Crippen molar-refractivity contribution in [3.8, 4) is 0 Å². The van der Waals surface area contributed by atoms with Gasteiger partial charge >= 0.3 is 5.97 Å². The van der Waals surface area contributed by atoms with E-state index in [-0.39, 0.29) is 5.97 Å². The minimum atomic E-state index is -0.336. The maximum Gasteiger partial charge on any atom is 0.348 e. The van der Waals surface area contributed by atoms with Crippen molar-refractivity contribution in [1.82, 2.24) is 0 Å². The molecule has 1 aromatic rings. The Bertz CT molecular complexity index is 244. The van der Waals surface area contributed by atoms with Crippen molar-refractivity contribution in [2.75, 3.05) is 7.11 Å². The molecule has 0 amide bonds. The second kappa shape index (κ2) is 3.03. The second-order valence-electron chi connectivity index (χ2n) is 1.60. The molecule has 0 spiro atoms. The molecule has 0 aliphatic carbocycles. The van der Waals surface area contributed by atoms with Crippen molar-refractivity contribution in [3.63, 3.8) is 0 Å². The lowest BCUT2D eigenvalue weighted by Crippen LogP contribution is -1.96. The molecule has 0 saturated carbocycles. The summed E-state index contributed by atoms with van der Waals surface area (Å²) >= 11 is 6.78. The van der Waals surface area contributed by atoms with Crippen molar-refractivity contribution in [3.05, 3.63) is 21.3 Å². The number of rotatable bonds is 1.